The molecule has 0 fully saturated rings. The van der Waals surface area contributed by atoms with Crippen molar-refractivity contribution in [1.29, 1.82) is 0 Å². The molecular formula is C18H40OS3Sn. The third kappa shape index (κ3) is 81.2. The summed E-state index contributed by atoms with van der Waals surface area (Å²) in [5.74, 6) is 1.89. The van der Waals surface area contributed by atoms with E-state index in [9.17, 15) is 0 Å². The molecule has 0 aliphatic carbocycles. The Hall–Kier alpha value is 1.81. The molecule has 0 aliphatic heterocycles. The Kier molecular flexibility index (Phi) is 55.1. The molecule has 0 aromatic carbocycles. The van der Waals surface area contributed by atoms with Gasteiger partial charge in [-0.1, -0.05) is 77.6 Å². The SMILES string of the molecule is CC(O)[S-].CCCCCC[S-].CCCCCC[S-].CCC[CH2][Sn+3]. The first kappa shape index (κ1) is 32.5. The van der Waals surface area contributed by atoms with Gasteiger partial charge < -0.3 is 43.0 Å². The van der Waals surface area contributed by atoms with Crippen molar-refractivity contribution in [3.05, 3.63) is 0 Å². The second-order valence-corrected chi connectivity index (χ2v) is 8.16. The summed E-state index contributed by atoms with van der Waals surface area (Å²) in [5, 5.41) is 7.87. The summed E-state index contributed by atoms with van der Waals surface area (Å²) in [6.45, 7) is 8.19. The first-order valence-corrected chi connectivity index (χ1v) is 12.8. The molecule has 23 heavy (non-hydrogen) atoms. The van der Waals surface area contributed by atoms with Gasteiger partial charge in [-0.3, -0.25) is 0 Å². The van der Waals surface area contributed by atoms with Gasteiger partial charge in [0.15, 0.2) is 0 Å². The van der Waals surface area contributed by atoms with Gasteiger partial charge in [0.25, 0.3) is 0 Å². The molecular weight excluding hydrogens is 447 g/mol. The molecule has 0 rings (SSSR count). The number of aliphatic hydroxyl groups excluding tert-OH is 1. The van der Waals surface area contributed by atoms with Gasteiger partial charge in [0, 0.05) is 0 Å². The van der Waals surface area contributed by atoms with Crippen LogP contribution in [0, 0.1) is 0 Å². The summed E-state index contributed by atoms with van der Waals surface area (Å²) >= 11 is 15.4. The van der Waals surface area contributed by atoms with Crippen molar-refractivity contribution in [1.82, 2.24) is 0 Å². The number of unbranched alkanes of at least 4 members (excludes halogenated alkanes) is 7. The zero-order chi connectivity index (χ0) is 18.8. The molecule has 0 heterocycles. The van der Waals surface area contributed by atoms with Crippen molar-refractivity contribution >= 4 is 60.4 Å². The average Bonchev–Trinajstić information content (AvgIpc) is 2.50. The summed E-state index contributed by atoms with van der Waals surface area (Å²) in [6.07, 6.45) is 13.3. The van der Waals surface area contributed by atoms with Crippen LogP contribution in [0.3, 0.4) is 0 Å². The predicted octanol–water partition coefficient (Wildman–Crippen LogP) is 5.47. The van der Waals surface area contributed by atoms with Crippen LogP contribution in [-0.4, -0.2) is 44.6 Å². The fourth-order valence-electron chi connectivity index (χ4n) is 1.23. The summed E-state index contributed by atoms with van der Waals surface area (Å²) in [6, 6.07) is 0. The Morgan fingerprint density at radius 3 is 1.17 bits per heavy atom. The van der Waals surface area contributed by atoms with Crippen LogP contribution in [0.2, 0.25) is 4.44 Å². The van der Waals surface area contributed by atoms with Gasteiger partial charge in [0.2, 0.25) is 0 Å². The molecule has 0 saturated carbocycles. The van der Waals surface area contributed by atoms with Crippen molar-refractivity contribution < 1.29 is 5.11 Å². The minimum atomic E-state index is -0.583. The van der Waals surface area contributed by atoms with Crippen LogP contribution < -0.4 is 0 Å². The topological polar surface area (TPSA) is 20.2 Å². The molecule has 0 aromatic rings. The Labute approximate surface area is 177 Å². The van der Waals surface area contributed by atoms with E-state index in [-0.39, 0.29) is 0 Å². The number of hydrogen-bond donors (Lipinski definition) is 1. The Morgan fingerprint density at radius 1 is 0.739 bits per heavy atom. The van der Waals surface area contributed by atoms with Crippen molar-refractivity contribution in [2.75, 3.05) is 11.5 Å². The monoisotopic (exact) mass is 488 g/mol. The van der Waals surface area contributed by atoms with E-state index in [1.54, 1.807) is 22.5 Å². The zero-order valence-corrected chi connectivity index (χ0v) is 21.2. The fourth-order valence-corrected chi connectivity index (χ4v) is 2.65. The Bertz CT molecular complexity index is 127. The van der Waals surface area contributed by atoms with Crippen LogP contribution >= 0.6 is 0 Å². The van der Waals surface area contributed by atoms with Crippen LogP contribution in [0.15, 0.2) is 0 Å². The molecule has 0 aromatic heterocycles. The summed E-state index contributed by atoms with van der Waals surface area (Å²) in [5.41, 5.74) is -0.583. The van der Waals surface area contributed by atoms with Crippen LogP contribution in [0.4, 0.5) is 0 Å². The summed E-state index contributed by atoms with van der Waals surface area (Å²) in [4.78, 5) is 0. The maximum absolute atomic E-state index is 7.87. The van der Waals surface area contributed by atoms with Crippen LogP contribution in [0.5, 0.6) is 0 Å². The minimum absolute atomic E-state index is 0.583. The van der Waals surface area contributed by atoms with E-state index < -0.39 is 5.44 Å². The van der Waals surface area contributed by atoms with Crippen molar-refractivity contribution in [2.24, 2.45) is 0 Å². The fraction of sp³-hybridized carbons (Fsp3) is 1.00. The van der Waals surface area contributed by atoms with E-state index in [2.05, 4.69) is 33.4 Å². The molecule has 1 unspecified atom stereocenters. The average molecular weight is 487 g/mol. The molecule has 0 aliphatic rings. The van der Waals surface area contributed by atoms with E-state index in [0.29, 0.717) is 0 Å². The van der Waals surface area contributed by atoms with Gasteiger partial charge in [0.05, 0.1) is 0 Å². The normalized spacial score (nSPS) is 10.3. The zero-order valence-electron chi connectivity index (χ0n) is 15.9. The maximum atomic E-state index is 7.87. The number of aliphatic hydroxyl groups is 1. The second kappa shape index (κ2) is 39.1. The van der Waals surface area contributed by atoms with Gasteiger partial charge in [-0.15, -0.1) is 0 Å². The van der Waals surface area contributed by atoms with E-state index in [4.69, 9.17) is 30.4 Å². The molecule has 0 amide bonds. The van der Waals surface area contributed by atoms with E-state index >= 15 is 0 Å². The van der Waals surface area contributed by atoms with Gasteiger partial charge >= 0.3 is 46.7 Å². The Morgan fingerprint density at radius 2 is 1.04 bits per heavy atom. The molecule has 1 N–H and O–H groups in total. The first-order chi connectivity index (χ1) is 11.0. The second-order valence-electron chi connectivity index (χ2n) is 5.23. The summed E-state index contributed by atoms with van der Waals surface area (Å²) < 4.78 is 1.43. The van der Waals surface area contributed by atoms with Crippen LogP contribution in [0.25, 0.3) is 0 Å². The molecule has 140 valence electrons. The van der Waals surface area contributed by atoms with Crippen molar-refractivity contribution in [3.8, 4) is 0 Å². The molecule has 5 heteroatoms. The first-order valence-electron chi connectivity index (χ1n) is 9.12. The van der Waals surface area contributed by atoms with Crippen molar-refractivity contribution in [3.63, 3.8) is 0 Å². The number of hydrogen-bond acceptors (Lipinski definition) is 4. The van der Waals surface area contributed by atoms with E-state index in [0.717, 1.165) is 11.5 Å². The third-order valence-electron chi connectivity index (χ3n) is 2.53. The van der Waals surface area contributed by atoms with Gasteiger partial charge in [-0.2, -0.15) is 11.5 Å². The van der Waals surface area contributed by atoms with Crippen LogP contribution in [0.1, 0.15) is 91.9 Å². The molecule has 1 atom stereocenters. The quantitative estimate of drug-likeness (QED) is 0.250. The number of rotatable bonds is 10. The molecule has 0 saturated heterocycles. The standard InChI is InChI=1S/2C6H14S.C4H9.C2H6OS.Sn/c2*1-2-3-4-5-6-7;1-3-4-2;1-2(3)4;/h2*7H,2-6H2,1H3;1,3-4H2,2H3;2-4H,1H3;/q;;;;+3/p-3. The summed E-state index contributed by atoms with van der Waals surface area (Å²) in [7, 11) is 0. The van der Waals surface area contributed by atoms with E-state index in [1.165, 1.54) is 75.6 Å². The third-order valence-corrected chi connectivity index (χ3v) is 4.11. The van der Waals surface area contributed by atoms with Gasteiger partial charge in [-0.05, 0) is 0 Å². The van der Waals surface area contributed by atoms with Gasteiger partial charge in [-0.25, -0.2) is 0 Å². The predicted molar refractivity (Wildman–Crippen MR) is 117 cm³/mol. The molecule has 0 bridgehead atoms. The molecule has 0 spiro atoms. The van der Waals surface area contributed by atoms with Gasteiger partial charge in [0.1, 0.15) is 0 Å². The molecule has 1 nitrogen and oxygen atoms in total. The Balaban J connectivity index is -0.000000107. The van der Waals surface area contributed by atoms with Crippen LogP contribution in [-0.2, 0) is 37.9 Å². The van der Waals surface area contributed by atoms with Crippen molar-refractivity contribution in [2.45, 2.75) is 102 Å². The van der Waals surface area contributed by atoms with E-state index in [1.807, 2.05) is 0 Å². The molecule has 0 radical (unpaired) electrons.